The fraction of sp³-hybridized carbons (Fsp3) is 0.467. The van der Waals surface area contributed by atoms with Crippen molar-refractivity contribution in [3.05, 3.63) is 30.3 Å². The number of aliphatic hydroxyl groups is 1. The Hall–Kier alpha value is -2.08. The molecule has 21 heavy (non-hydrogen) atoms. The van der Waals surface area contributed by atoms with E-state index in [-0.39, 0.29) is 24.5 Å². The summed E-state index contributed by atoms with van der Waals surface area (Å²) >= 11 is 0. The van der Waals surface area contributed by atoms with Gasteiger partial charge in [-0.1, -0.05) is 24.6 Å². The molecule has 6 heteroatoms. The van der Waals surface area contributed by atoms with Gasteiger partial charge in [-0.15, -0.1) is 0 Å². The quantitative estimate of drug-likeness (QED) is 0.654. The number of para-hydroxylation sites is 1. The maximum absolute atomic E-state index is 11.6. The van der Waals surface area contributed by atoms with Gasteiger partial charge in [0.1, 0.15) is 0 Å². The van der Waals surface area contributed by atoms with E-state index in [1.54, 1.807) is 12.1 Å². The monoisotopic (exact) mass is 291 g/mol. The van der Waals surface area contributed by atoms with Gasteiger partial charge in [-0.25, -0.2) is 4.79 Å². The number of nitrogens with one attached hydrogen (secondary N) is 3. The van der Waals surface area contributed by atoms with Crippen molar-refractivity contribution < 1.29 is 14.7 Å². The van der Waals surface area contributed by atoms with Crippen molar-refractivity contribution in [2.75, 3.05) is 18.4 Å². The highest BCUT2D eigenvalue weighted by Crippen LogP contribution is 2.24. The summed E-state index contributed by atoms with van der Waals surface area (Å²) in [6, 6.07) is 8.60. The standard InChI is InChI=1S/C15H21N3O3/c19-13-8-4-5-11(13)9-16-14(20)10-17-15(21)18-12-6-2-1-3-7-12/h1-3,6-7,11,13,19H,4-5,8-10H2,(H,16,20)(H2,17,18,21). The van der Waals surface area contributed by atoms with E-state index >= 15 is 0 Å². The normalized spacial score (nSPS) is 20.8. The Bertz CT molecular complexity index is 478. The molecular weight excluding hydrogens is 270 g/mol. The first kappa shape index (κ1) is 15.3. The van der Waals surface area contributed by atoms with Gasteiger partial charge < -0.3 is 21.1 Å². The highest BCUT2D eigenvalue weighted by molar-refractivity contribution is 5.92. The molecule has 0 saturated heterocycles. The number of amides is 3. The number of hydrogen-bond donors (Lipinski definition) is 4. The molecule has 1 aliphatic rings. The van der Waals surface area contributed by atoms with Crippen LogP contribution in [-0.2, 0) is 4.79 Å². The van der Waals surface area contributed by atoms with Crippen LogP contribution in [0.5, 0.6) is 0 Å². The Morgan fingerprint density at radius 3 is 2.57 bits per heavy atom. The van der Waals surface area contributed by atoms with Crippen molar-refractivity contribution in [1.29, 1.82) is 0 Å². The van der Waals surface area contributed by atoms with Crippen molar-refractivity contribution in [2.45, 2.75) is 25.4 Å². The number of benzene rings is 1. The molecule has 114 valence electrons. The topological polar surface area (TPSA) is 90.5 Å². The first-order valence-electron chi connectivity index (χ1n) is 7.20. The molecule has 0 heterocycles. The van der Waals surface area contributed by atoms with Crippen LogP contribution in [0.15, 0.2) is 30.3 Å². The zero-order valence-electron chi connectivity index (χ0n) is 11.8. The summed E-state index contributed by atoms with van der Waals surface area (Å²) in [7, 11) is 0. The third kappa shape index (κ3) is 5.07. The molecule has 0 spiro atoms. The first-order chi connectivity index (χ1) is 10.1. The van der Waals surface area contributed by atoms with Crippen LogP contribution in [0.4, 0.5) is 10.5 Å². The van der Waals surface area contributed by atoms with Gasteiger partial charge in [0.05, 0.1) is 12.6 Å². The number of rotatable bonds is 5. The third-order valence-electron chi connectivity index (χ3n) is 3.62. The first-order valence-corrected chi connectivity index (χ1v) is 7.20. The molecule has 2 atom stereocenters. The Morgan fingerprint density at radius 2 is 1.90 bits per heavy atom. The maximum Gasteiger partial charge on any atom is 0.319 e. The summed E-state index contributed by atoms with van der Waals surface area (Å²) in [5, 5.41) is 17.5. The van der Waals surface area contributed by atoms with E-state index in [1.807, 2.05) is 18.2 Å². The van der Waals surface area contributed by atoms with Gasteiger partial charge in [-0.3, -0.25) is 4.79 Å². The van der Waals surface area contributed by atoms with Crippen LogP contribution in [-0.4, -0.2) is 36.2 Å². The van der Waals surface area contributed by atoms with E-state index in [0.29, 0.717) is 12.2 Å². The number of anilines is 1. The molecule has 1 aliphatic carbocycles. The van der Waals surface area contributed by atoms with Crippen LogP contribution in [0.2, 0.25) is 0 Å². The average molecular weight is 291 g/mol. The van der Waals surface area contributed by atoms with Crippen molar-refractivity contribution in [1.82, 2.24) is 10.6 Å². The Balaban J connectivity index is 1.63. The predicted octanol–water partition coefficient (Wildman–Crippen LogP) is 1.09. The SMILES string of the molecule is O=C(CNC(=O)Nc1ccccc1)NCC1CCCC1O. The molecule has 1 fully saturated rings. The lowest BCUT2D eigenvalue weighted by Gasteiger charge is -2.15. The lowest BCUT2D eigenvalue weighted by molar-refractivity contribution is -0.120. The largest absolute Gasteiger partial charge is 0.393 e. The van der Waals surface area contributed by atoms with Gasteiger partial charge in [0.15, 0.2) is 0 Å². The molecule has 1 aromatic rings. The maximum atomic E-state index is 11.6. The van der Waals surface area contributed by atoms with Gasteiger partial charge in [-0.05, 0) is 25.0 Å². The van der Waals surface area contributed by atoms with Crippen molar-refractivity contribution >= 4 is 17.6 Å². The molecule has 1 saturated carbocycles. The molecule has 6 nitrogen and oxygen atoms in total. The van der Waals surface area contributed by atoms with Gasteiger partial charge in [0, 0.05) is 18.2 Å². The van der Waals surface area contributed by atoms with E-state index < -0.39 is 6.03 Å². The number of carbonyl (C=O) groups is 2. The molecular formula is C15H21N3O3. The highest BCUT2D eigenvalue weighted by Gasteiger charge is 2.25. The summed E-state index contributed by atoms with van der Waals surface area (Å²) in [4.78, 5) is 23.2. The number of hydrogen-bond acceptors (Lipinski definition) is 3. The summed E-state index contributed by atoms with van der Waals surface area (Å²) in [5.74, 6) is -0.121. The molecule has 2 unspecified atom stereocenters. The molecule has 0 radical (unpaired) electrons. The van der Waals surface area contributed by atoms with Crippen LogP contribution in [0.1, 0.15) is 19.3 Å². The van der Waals surface area contributed by atoms with Crippen LogP contribution >= 0.6 is 0 Å². The van der Waals surface area contributed by atoms with Crippen LogP contribution in [0.3, 0.4) is 0 Å². The van der Waals surface area contributed by atoms with Crippen molar-refractivity contribution in [2.24, 2.45) is 5.92 Å². The second kappa shape index (κ2) is 7.64. The second-order valence-corrected chi connectivity index (χ2v) is 5.24. The fourth-order valence-corrected chi connectivity index (χ4v) is 2.42. The Kier molecular flexibility index (Phi) is 5.57. The summed E-state index contributed by atoms with van der Waals surface area (Å²) in [6.45, 7) is 0.378. The number of urea groups is 1. The molecule has 1 aromatic carbocycles. The van der Waals surface area contributed by atoms with E-state index in [2.05, 4.69) is 16.0 Å². The van der Waals surface area contributed by atoms with Crippen LogP contribution in [0, 0.1) is 5.92 Å². The van der Waals surface area contributed by atoms with Crippen molar-refractivity contribution in [3.63, 3.8) is 0 Å². The molecule has 0 aromatic heterocycles. The molecule has 2 rings (SSSR count). The van der Waals surface area contributed by atoms with E-state index in [4.69, 9.17) is 0 Å². The lowest BCUT2D eigenvalue weighted by Crippen LogP contribution is -2.41. The van der Waals surface area contributed by atoms with E-state index in [9.17, 15) is 14.7 Å². The highest BCUT2D eigenvalue weighted by atomic mass is 16.3. The Labute approximate surface area is 123 Å². The third-order valence-corrected chi connectivity index (χ3v) is 3.62. The van der Waals surface area contributed by atoms with Crippen LogP contribution in [0.25, 0.3) is 0 Å². The number of aliphatic hydroxyl groups excluding tert-OH is 1. The van der Waals surface area contributed by atoms with Gasteiger partial charge in [-0.2, -0.15) is 0 Å². The molecule has 4 N–H and O–H groups in total. The summed E-state index contributed by atoms with van der Waals surface area (Å²) < 4.78 is 0. The predicted molar refractivity (Wildman–Crippen MR) is 79.8 cm³/mol. The zero-order chi connectivity index (χ0) is 15.1. The van der Waals surface area contributed by atoms with Crippen LogP contribution < -0.4 is 16.0 Å². The van der Waals surface area contributed by atoms with Gasteiger partial charge >= 0.3 is 6.03 Å². The molecule has 3 amide bonds. The molecule has 0 aliphatic heterocycles. The minimum absolute atomic E-state index is 0.0819. The minimum atomic E-state index is -0.419. The lowest BCUT2D eigenvalue weighted by atomic mass is 10.1. The smallest absolute Gasteiger partial charge is 0.319 e. The second-order valence-electron chi connectivity index (χ2n) is 5.24. The summed E-state index contributed by atoms with van der Waals surface area (Å²) in [6.07, 6.45) is 2.42. The van der Waals surface area contributed by atoms with E-state index in [1.165, 1.54) is 0 Å². The number of carbonyl (C=O) groups excluding carboxylic acids is 2. The van der Waals surface area contributed by atoms with Gasteiger partial charge in [0.2, 0.25) is 5.91 Å². The van der Waals surface area contributed by atoms with E-state index in [0.717, 1.165) is 19.3 Å². The van der Waals surface area contributed by atoms with Gasteiger partial charge in [0.25, 0.3) is 0 Å². The Morgan fingerprint density at radius 1 is 1.14 bits per heavy atom. The van der Waals surface area contributed by atoms with Crippen molar-refractivity contribution in [3.8, 4) is 0 Å². The fourth-order valence-electron chi connectivity index (χ4n) is 2.42. The zero-order valence-corrected chi connectivity index (χ0v) is 11.8. The molecule has 0 bridgehead atoms. The minimum Gasteiger partial charge on any atom is -0.393 e. The average Bonchev–Trinajstić information content (AvgIpc) is 2.89. The summed E-state index contributed by atoms with van der Waals surface area (Å²) in [5.41, 5.74) is 0.671.